The van der Waals surface area contributed by atoms with Gasteiger partial charge in [0.05, 0.1) is 26.6 Å². The fraction of sp³-hybridized carbons (Fsp3) is 0. The Hall–Kier alpha value is -2.77. The van der Waals surface area contributed by atoms with Crippen LogP contribution in [0.3, 0.4) is 0 Å². The molecule has 26 heavy (non-hydrogen) atoms. The third-order valence-corrected chi connectivity index (χ3v) is 4.70. The van der Waals surface area contributed by atoms with Crippen LogP contribution in [0, 0.1) is 5.82 Å². The highest BCUT2D eigenvalue weighted by molar-refractivity contribution is 8.18. The molecule has 0 atom stereocenters. The molecule has 0 saturated carbocycles. The van der Waals surface area contributed by atoms with Gasteiger partial charge in [0, 0.05) is 12.4 Å². The maximum absolute atomic E-state index is 13.3. The Morgan fingerprint density at radius 2 is 1.92 bits per heavy atom. The van der Waals surface area contributed by atoms with Crippen molar-refractivity contribution in [3.8, 4) is 0 Å². The third kappa shape index (κ3) is 3.44. The molecule has 1 aliphatic heterocycles. The van der Waals surface area contributed by atoms with Crippen molar-refractivity contribution in [2.24, 2.45) is 4.99 Å². The standard InChI is InChI=1S/C18H10ClFN4OS/c19-12-9-11(2-3-13(12)20)23-17-16(26-18(25)24-17)8-10-1-4-14-15(7-10)22-6-5-21-14/h1-9H,(H,23,24,25)/b16-8-. The Labute approximate surface area is 157 Å². The molecule has 3 aromatic rings. The third-order valence-electron chi connectivity index (χ3n) is 3.59. The second-order valence-electron chi connectivity index (χ2n) is 5.39. The summed E-state index contributed by atoms with van der Waals surface area (Å²) in [6, 6.07) is 9.76. The SMILES string of the molecule is O=C1NC(=Nc2ccc(F)c(Cl)c2)/C(=C/c2ccc3nccnc3c2)S1. The fourth-order valence-corrected chi connectivity index (χ4v) is 3.33. The number of aliphatic imine (C=N–C) groups is 1. The predicted molar refractivity (Wildman–Crippen MR) is 102 cm³/mol. The fourth-order valence-electron chi connectivity index (χ4n) is 2.42. The summed E-state index contributed by atoms with van der Waals surface area (Å²) in [4.78, 5) is 25.3. The summed E-state index contributed by atoms with van der Waals surface area (Å²) in [7, 11) is 0. The Balaban J connectivity index is 1.72. The van der Waals surface area contributed by atoms with E-state index in [4.69, 9.17) is 11.6 Å². The van der Waals surface area contributed by atoms with Crippen LogP contribution in [0.4, 0.5) is 14.9 Å². The summed E-state index contributed by atoms with van der Waals surface area (Å²) in [5, 5.41) is 2.43. The largest absolute Gasteiger partial charge is 0.300 e. The molecule has 2 heterocycles. The first-order chi connectivity index (χ1) is 12.6. The molecule has 0 aliphatic carbocycles. The highest BCUT2D eigenvalue weighted by Gasteiger charge is 2.23. The van der Waals surface area contributed by atoms with E-state index in [1.54, 1.807) is 12.4 Å². The molecule has 8 heteroatoms. The van der Waals surface area contributed by atoms with Gasteiger partial charge in [0.2, 0.25) is 0 Å². The van der Waals surface area contributed by atoms with Crippen molar-refractivity contribution in [3.63, 3.8) is 0 Å². The summed E-state index contributed by atoms with van der Waals surface area (Å²) >= 11 is 6.82. The molecule has 1 aromatic heterocycles. The lowest BCUT2D eigenvalue weighted by Gasteiger charge is -2.02. The molecule has 0 spiro atoms. The number of amides is 1. The molecule has 1 amide bonds. The van der Waals surface area contributed by atoms with E-state index in [0.717, 1.165) is 28.4 Å². The van der Waals surface area contributed by atoms with Crippen molar-refractivity contribution >= 4 is 57.2 Å². The van der Waals surface area contributed by atoms with Crippen LogP contribution in [0.1, 0.15) is 5.56 Å². The van der Waals surface area contributed by atoms with Crippen LogP contribution in [0.5, 0.6) is 0 Å². The zero-order valence-corrected chi connectivity index (χ0v) is 14.7. The lowest BCUT2D eigenvalue weighted by Crippen LogP contribution is -2.18. The van der Waals surface area contributed by atoms with Gasteiger partial charge in [0.15, 0.2) is 0 Å². The number of halogens is 2. The number of nitrogens with one attached hydrogen (secondary N) is 1. The van der Waals surface area contributed by atoms with Gasteiger partial charge in [-0.15, -0.1) is 0 Å². The van der Waals surface area contributed by atoms with Crippen molar-refractivity contribution in [2.75, 3.05) is 0 Å². The molecule has 1 fully saturated rings. The monoisotopic (exact) mass is 384 g/mol. The Morgan fingerprint density at radius 3 is 2.73 bits per heavy atom. The van der Waals surface area contributed by atoms with Gasteiger partial charge in [-0.1, -0.05) is 17.7 Å². The minimum Gasteiger partial charge on any atom is -0.300 e. The van der Waals surface area contributed by atoms with Crippen LogP contribution >= 0.6 is 23.4 Å². The lowest BCUT2D eigenvalue weighted by molar-refractivity contribution is 0.265. The quantitative estimate of drug-likeness (QED) is 0.678. The van der Waals surface area contributed by atoms with E-state index in [0.29, 0.717) is 16.4 Å². The summed E-state index contributed by atoms with van der Waals surface area (Å²) in [6.07, 6.45) is 5.09. The highest BCUT2D eigenvalue weighted by Crippen LogP contribution is 2.30. The average molecular weight is 385 g/mol. The Kier molecular flexibility index (Phi) is 4.40. The summed E-state index contributed by atoms with van der Waals surface area (Å²) < 4.78 is 13.3. The first-order valence-electron chi connectivity index (χ1n) is 7.54. The predicted octanol–water partition coefficient (Wildman–Crippen LogP) is 4.95. The zero-order chi connectivity index (χ0) is 18.1. The molecule has 4 rings (SSSR count). The maximum Gasteiger partial charge on any atom is 0.289 e. The van der Waals surface area contributed by atoms with Crippen molar-refractivity contribution in [1.29, 1.82) is 0 Å². The van der Waals surface area contributed by atoms with E-state index < -0.39 is 5.82 Å². The number of amidine groups is 1. The average Bonchev–Trinajstić information content (AvgIpc) is 2.97. The number of aromatic nitrogens is 2. The zero-order valence-electron chi connectivity index (χ0n) is 13.1. The van der Waals surface area contributed by atoms with E-state index in [1.165, 1.54) is 18.2 Å². The summed E-state index contributed by atoms with van der Waals surface area (Å²) in [5.41, 5.74) is 2.86. The molecule has 0 bridgehead atoms. The van der Waals surface area contributed by atoms with Crippen LogP contribution in [0.25, 0.3) is 17.1 Å². The molecule has 2 aromatic carbocycles. The Morgan fingerprint density at radius 1 is 1.12 bits per heavy atom. The molecule has 1 aliphatic rings. The number of hydrogen-bond acceptors (Lipinski definition) is 5. The molecule has 0 unspecified atom stereocenters. The lowest BCUT2D eigenvalue weighted by atomic mass is 10.1. The number of carbonyl (C=O) groups excluding carboxylic acids is 1. The number of benzene rings is 2. The topological polar surface area (TPSA) is 67.2 Å². The number of thioether (sulfide) groups is 1. The first kappa shape index (κ1) is 16.7. The second-order valence-corrected chi connectivity index (χ2v) is 6.81. The van der Waals surface area contributed by atoms with Crippen molar-refractivity contribution in [1.82, 2.24) is 15.3 Å². The normalized spacial score (nSPS) is 17.2. The molecular formula is C18H10ClFN4OS. The van der Waals surface area contributed by atoms with Crippen LogP contribution in [-0.4, -0.2) is 21.0 Å². The molecule has 1 saturated heterocycles. The smallest absolute Gasteiger partial charge is 0.289 e. The van der Waals surface area contributed by atoms with Crippen LogP contribution in [0.15, 0.2) is 58.7 Å². The van der Waals surface area contributed by atoms with Crippen LogP contribution < -0.4 is 5.32 Å². The number of rotatable bonds is 2. The summed E-state index contributed by atoms with van der Waals surface area (Å²) in [6.45, 7) is 0. The maximum atomic E-state index is 13.3. The number of hydrogen-bond donors (Lipinski definition) is 1. The second kappa shape index (κ2) is 6.86. The van der Waals surface area contributed by atoms with Gasteiger partial charge < -0.3 is 5.32 Å². The van der Waals surface area contributed by atoms with Gasteiger partial charge >= 0.3 is 0 Å². The first-order valence-corrected chi connectivity index (χ1v) is 8.73. The molecule has 1 N–H and O–H groups in total. The molecular weight excluding hydrogens is 375 g/mol. The van der Waals surface area contributed by atoms with Crippen LogP contribution in [0.2, 0.25) is 5.02 Å². The molecule has 0 radical (unpaired) electrons. The van der Waals surface area contributed by atoms with Gasteiger partial charge in [-0.25, -0.2) is 9.38 Å². The van der Waals surface area contributed by atoms with Crippen molar-refractivity contribution < 1.29 is 9.18 Å². The Bertz CT molecular complexity index is 1100. The van der Waals surface area contributed by atoms with Gasteiger partial charge in [-0.05, 0) is 53.7 Å². The minimum atomic E-state index is -0.520. The van der Waals surface area contributed by atoms with E-state index in [1.807, 2.05) is 24.3 Å². The molecule has 5 nitrogen and oxygen atoms in total. The van der Waals surface area contributed by atoms with Gasteiger partial charge in [0.1, 0.15) is 11.7 Å². The van der Waals surface area contributed by atoms with Crippen molar-refractivity contribution in [2.45, 2.75) is 0 Å². The highest BCUT2D eigenvalue weighted by atomic mass is 35.5. The van der Waals surface area contributed by atoms with E-state index in [9.17, 15) is 9.18 Å². The van der Waals surface area contributed by atoms with E-state index in [-0.39, 0.29) is 10.3 Å². The van der Waals surface area contributed by atoms with E-state index >= 15 is 0 Å². The number of carbonyl (C=O) groups is 1. The van der Waals surface area contributed by atoms with E-state index in [2.05, 4.69) is 20.3 Å². The number of fused-ring (bicyclic) bond motifs is 1. The van der Waals surface area contributed by atoms with Gasteiger partial charge in [-0.3, -0.25) is 14.8 Å². The van der Waals surface area contributed by atoms with Crippen molar-refractivity contribution in [3.05, 3.63) is 70.1 Å². The summed E-state index contributed by atoms with van der Waals surface area (Å²) in [5.74, 6) is -0.129. The van der Waals surface area contributed by atoms with Gasteiger partial charge in [-0.2, -0.15) is 0 Å². The number of nitrogens with zero attached hydrogens (tertiary/aromatic N) is 3. The van der Waals surface area contributed by atoms with Crippen LogP contribution in [-0.2, 0) is 0 Å². The minimum absolute atomic E-state index is 0.0255. The van der Waals surface area contributed by atoms with Gasteiger partial charge in [0.25, 0.3) is 5.24 Å². The molecule has 128 valence electrons.